The second-order valence-corrected chi connectivity index (χ2v) is 4.21. The maximum absolute atomic E-state index is 9.35. The van der Waals surface area contributed by atoms with E-state index in [0.717, 1.165) is 12.2 Å². The van der Waals surface area contributed by atoms with Gasteiger partial charge in [-0.05, 0) is 49.4 Å². The lowest BCUT2D eigenvalue weighted by molar-refractivity contribution is 0.176. The molecule has 1 aromatic rings. The summed E-state index contributed by atoms with van der Waals surface area (Å²) in [7, 11) is 1.67. The number of aliphatic hydroxyl groups excluding tert-OH is 1. The zero-order valence-corrected chi connectivity index (χ0v) is 9.95. The van der Waals surface area contributed by atoms with Gasteiger partial charge in [-0.3, -0.25) is 0 Å². The van der Waals surface area contributed by atoms with Crippen molar-refractivity contribution in [2.24, 2.45) is 0 Å². The van der Waals surface area contributed by atoms with Gasteiger partial charge in [0.05, 0.1) is 13.2 Å². The van der Waals surface area contributed by atoms with Gasteiger partial charge >= 0.3 is 0 Å². The first-order valence-electron chi connectivity index (χ1n) is 5.37. The summed E-state index contributed by atoms with van der Waals surface area (Å²) in [4.78, 5) is 0. The first-order chi connectivity index (χ1) is 7.04. The Hall–Kier alpha value is -1.02. The van der Waals surface area contributed by atoms with Crippen molar-refractivity contribution in [3.05, 3.63) is 29.3 Å². The van der Waals surface area contributed by atoms with Crippen molar-refractivity contribution in [3.8, 4) is 5.75 Å². The van der Waals surface area contributed by atoms with Gasteiger partial charge in [-0.25, -0.2) is 0 Å². The minimum Gasteiger partial charge on any atom is -0.497 e. The quantitative estimate of drug-likeness (QED) is 0.824. The highest BCUT2D eigenvalue weighted by atomic mass is 16.5. The standard InChI is InChI=1S/C13H20O2/c1-9(7-11(3)14)13-6-5-12(15-4)8-10(13)2/h5-6,8-9,11,14H,7H2,1-4H3. The summed E-state index contributed by atoms with van der Waals surface area (Å²) >= 11 is 0. The number of ether oxygens (including phenoxy) is 1. The lowest BCUT2D eigenvalue weighted by Gasteiger charge is -2.16. The van der Waals surface area contributed by atoms with Gasteiger partial charge in [0.1, 0.15) is 5.75 Å². The Morgan fingerprint density at radius 3 is 2.47 bits per heavy atom. The van der Waals surface area contributed by atoms with Crippen LogP contribution in [0.15, 0.2) is 18.2 Å². The largest absolute Gasteiger partial charge is 0.497 e. The minimum atomic E-state index is -0.249. The van der Waals surface area contributed by atoms with Crippen molar-refractivity contribution in [3.63, 3.8) is 0 Å². The van der Waals surface area contributed by atoms with Crippen LogP contribution in [-0.2, 0) is 0 Å². The van der Waals surface area contributed by atoms with E-state index < -0.39 is 0 Å². The van der Waals surface area contributed by atoms with Crippen molar-refractivity contribution in [1.29, 1.82) is 0 Å². The Morgan fingerprint density at radius 1 is 1.33 bits per heavy atom. The third-order valence-corrected chi connectivity index (χ3v) is 2.70. The molecular weight excluding hydrogens is 188 g/mol. The summed E-state index contributed by atoms with van der Waals surface area (Å²) in [5, 5.41) is 9.35. The number of hydrogen-bond acceptors (Lipinski definition) is 2. The van der Waals surface area contributed by atoms with Crippen molar-refractivity contribution in [2.75, 3.05) is 7.11 Å². The van der Waals surface area contributed by atoms with E-state index in [-0.39, 0.29) is 6.10 Å². The Labute approximate surface area is 91.9 Å². The first kappa shape index (κ1) is 12.1. The van der Waals surface area contributed by atoms with Gasteiger partial charge in [0, 0.05) is 0 Å². The molecular formula is C13H20O2. The van der Waals surface area contributed by atoms with Gasteiger partial charge in [-0.15, -0.1) is 0 Å². The van der Waals surface area contributed by atoms with Crippen LogP contribution in [0.4, 0.5) is 0 Å². The number of aliphatic hydroxyl groups is 1. The van der Waals surface area contributed by atoms with Crippen molar-refractivity contribution < 1.29 is 9.84 Å². The molecule has 0 saturated carbocycles. The van der Waals surface area contributed by atoms with Crippen LogP contribution in [0, 0.1) is 6.92 Å². The molecule has 15 heavy (non-hydrogen) atoms. The van der Waals surface area contributed by atoms with Crippen molar-refractivity contribution in [1.82, 2.24) is 0 Å². The molecule has 0 fully saturated rings. The van der Waals surface area contributed by atoms with Crippen LogP contribution in [0.1, 0.15) is 37.3 Å². The molecule has 1 rings (SSSR count). The second kappa shape index (κ2) is 5.17. The van der Waals surface area contributed by atoms with Gasteiger partial charge in [0.2, 0.25) is 0 Å². The SMILES string of the molecule is COc1ccc(C(C)CC(C)O)c(C)c1. The topological polar surface area (TPSA) is 29.5 Å². The normalized spacial score (nSPS) is 14.7. The van der Waals surface area contributed by atoms with Crippen LogP contribution in [0.2, 0.25) is 0 Å². The van der Waals surface area contributed by atoms with Crippen LogP contribution < -0.4 is 4.74 Å². The van der Waals surface area contributed by atoms with Gasteiger partial charge < -0.3 is 9.84 Å². The molecule has 2 heteroatoms. The summed E-state index contributed by atoms with van der Waals surface area (Å²) < 4.78 is 5.16. The predicted molar refractivity (Wildman–Crippen MR) is 62.4 cm³/mol. The lowest BCUT2D eigenvalue weighted by Crippen LogP contribution is -2.07. The van der Waals surface area contributed by atoms with Crippen LogP contribution in [-0.4, -0.2) is 18.3 Å². The Bertz CT molecular complexity index is 318. The minimum absolute atomic E-state index is 0.249. The first-order valence-corrected chi connectivity index (χ1v) is 5.37. The summed E-state index contributed by atoms with van der Waals surface area (Å²) in [6.45, 7) is 6.05. The lowest BCUT2D eigenvalue weighted by atomic mass is 9.92. The van der Waals surface area contributed by atoms with E-state index in [0.29, 0.717) is 5.92 Å². The van der Waals surface area contributed by atoms with Crippen LogP contribution in [0.25, 0.3) is 0 Å². The van der Waals surface area contributed by atoms with E-state index in [9.17, 15) is 5.11 Å². The molecule has 0 aliphatic rings. The molecule has 0 saturated heterocycles. The molecule has 2 unspecified atom stereocenters. The molecule has 2 nitrogen and oxygen atoms in total. The predicted octanol–water partition coefficient (Wildman–Crippen LogP) is 2.88. The average Bonchev–Trinajstić information content (AvgIpc) is 2.16. The highest BCUT2D eigenvalue weighted by Crippen LogP contribution is 2.26. The van der Waals surface area contributed by atoms with E-state index in [4.69, 9.17) is 4.74 Å². The Morgan fingerprint density at radius 2 is 2.00 bits per heavy atom. The van der Waals surface area contributed by atoms with Crippen molar-refractivity contribution in [2.45, 2.75) is 39.2 Å². The fourth-order valence-electron chi connectivity index (χ4n) is 1.97. The van der Waals surface area contributed by atoms with E-state index in [1.54, 1.807) is 7.11 Å². The molecule has 0 aliphatic heterocycles. The summed E-state index contributed by atoms with van der Waals surface area (Å²) in [6, 6.07) is 6.09. The Balaban J connectivity index is 2.85. The molecule has 0 bridgehead atoms. The molecule has 84 valence electrons. The van der Waals surface area contributed by atoms with E-state index in [2.05, 4.69) is 19.9 Å². The molecule has 0 spiro atoms. The maximum atomic E-state index is 9.35. The van der Waals surface area contributed by atoms with Crippen molar-refractivity contribution >= 4 is 0 Å². The second-order valence-electron chi connectivity index (χ2n) is 4.21. The van der Waals surface area contributed by atoms with Crippen LogP contribution in [0.3, 0.4) is 0 Å². The molecule has 0 aliphatic carbocycles. The number of rotatable bonds is 4. The molecule has 0 amide bonds. The number of methoxy groups -OCH3 is 1. The van der Waals surface area contributed by atoms with E-state index in [1.807, 2.05) is 19.1 Å². The molecule has 1 aromatic carbocycles. The molecule has 0 heterocycles. The van der Waals surface area contributed by atoms with E-state index in [1.165, 1.54) is 11.1 Å². The summed E-state index contributed by atoms with van der Waals surface area (Å²) in [6.07, 6.45) is 0.550. The zero-order chi connectivity index (χ0) is 11.4. The third-order valence-electron chi connectivity index (χ3n) is 2.70. The third kappa shape index (κ3) is 3.24. The maximum Gasteiger partial charge on any atom is 0.119 e. The van der Waals surface area contributed by atoms with Gasteiger partial charge in [0.25, 0.3) is 0 Å². The zero-order valence-electron chi connectivity index (χ0n) is 9.95. The number of hydrogen-bond donors (Lipinski definition) is 1. The average molecular weight is 208 g/mol. The molecule has 0 aromatic heterocycles. The number of aryl methyl sites for hydroxylation is 1. The monoisotopic (exact) mass is 208 g/mol. The Kier molecular flexibility index (Phi) is 4.15. The smallest absolute Gasteiger partial charge is 0.119 e. The van der Waals surface area contributed by atoms with Gasteiger partial charge in [-0.1, -0.05) is 13.0 Å². The fourth-order valence-corrected chi connectivity index (χ4v) is 1.97. The summed E-state index contributed by atoms with van der Waals surface area (Å²) in [5.41, 5.74) is 2.51. The highest BCUT2D eigenvalue weighted by molar-refractivity contribution is 5.36. The highest BCUT2D eigenvalue weighted by Gasteiger charge is 2.11. The van der Waals surface area contributed by atoms with Crippen LogP contribution in [0.5, 0.6) is 5.75 Å². The van der Waals surface area contributed by atoms with E-state index >= 15 is 0 Å². The molecule has 2 atom stereocenters. The van der Waals surface area contributed by atoms with Gasteiger partial charge in [-0.2, -0.15) is 0 Å². The summed E-state index contributed by atoms with van der Waals surface area (Å²) in [5.74, 6) is 1.27. The van der Waals surface area contributed by atoms with Crippen LogP contribution >= 0.6 is 0 Å². The number of benzene rings is 1. The van der Waals surface area contributed by atoms with Gasteiger partial charge in [0.15, 0.2) is 0 Å². The fraction of sp³-hybridized carbons (Fsp3) is 0.538. The molecule has 0 radical (unpaired) electrons. The molecule has 1 N–H and O–H groups in total.